The largest absolute Gasteiger partial charge is 0.399 e. The maximum absolute atomic E-state index is 12.2. The molecule has 6 heteroatoms. The van der Waals surface area contributed by atoms with Crippen LogP contribution in [0.3, 0.4) is 0 Å². The number of carbonyl (C=O) groups is 2. The molecule has 0 radical (unpaired) electrons. The minimum Gasteiger partial charge on any atom is -0.399 e. The number of piperazine rings is 1. The van der Waals surface area contributed by atoms with E-state index in [2.05, 4.69) is 5.32 Å². The average molecular weight is 276 g/mol. The van der Waals surface area contributed by atoms with E-state index in [1.807, 2.05) is 4.90 Å². The SMILES string of the molecule is CC(C(=O)Nc1cccc(N)c1)N1CCN(C)C(=O)C1. The average Bonchev–Trinajstić information content (AvgIpc) is 2.41. The third-order valence-corrected chi connectivity index (χ3v) is 3.57. The number of nitrogens with zero attached hydrogens (tertiary/aromatic N) is 2. The summed E-state index contributed by atoms with van der Waals surface area (Å²) >= 11 is 0. The van der Waals surface area contributed by atoms with Crippen LogP contribution in [-0.4, -0.2) is 54.3 Å². The molecule has 1 aliphatic rings. The highest BCUT2D eigenvalue weighted by atomic mass is 16.2. The number of nitrogens with one attached hydrogen (secondary N) is 1. The summed E-state index contributed by atoms with van der Waals surface area (Å²) in [6, 6.07) is 6.69. The first-order valence-electron chi connectivity index (χ1n) is 6.62. The van der Waals surface area contributed by atoms with E-state index in [0.717, 1.165) is 0 Å². The van der Waals surface area contributed by atoms with Gasteiger partial charge in [0.2, 0.25) is 11.8 Å². The lowest BCUT2D eigenvalue weighted by atomic mass is 10.2. The van der Waals surface area contributed by atoms with Crippen LogP contribution in [0.5, 0.6) is 0 Å². The lowest BCUT2D eigenvalue weighted by molar-refractivity contribution is -0.136. The van der Waals surface area contributed by atoms with Gasteiger partial charge in [0.1, 0.15) is 0 Å². The Hall–Kier alpha value is -2.08. The summed E-state index contributed by atoms with van der Waals surface area (Å²) in [6.07, 6.45) is 0. The van der Waals surface area contributed by atoms with Gasteiger partial charge in [-0.25, -0.2) is 0 Å². The van der Waals surface area contributed by atoms with Crippen LogP contribution in [0.15, 0.2) is 24.3 Å². The molecule has 0 aliphatic carbocycles. The Morgan fingerprint density at radius 3 is 2.80 bits per heavy atom. The number of hydrogen-bond donors (Lipinski definition) is 2. The number of amides is 2. The Bertz CT molecular complexity index is 518. The molecule has 1 aromatic carbocycles. The van der Waals surface area contributed by atoms with E-state index in [1.54, 1.807) is 43.1 Å². The summed E-state index contributed by atoms with van der Waals surface area (Å²) in [6.45, 7) is 3.44. The maximum atomic E-state index is 12.2. The van der Waals surface area contributed by atoms with E-state index in [4.69, 9.17) is 5.73 Å². The van der Waals surface area contributed by atoms with Gasteiger partial charge >= 0.3 is 0 Å². The molecule has 2 amide bonds. The minimum atomic E-state index is -0.353. The van der Waals surface area contributed by atoms with Crippen molar-refractivity contribution in [2.75, 3.05) is 37.7 Å². The molecule has 6 nitrogen and oxygen atoms in total. The molecule has 1 aromatic rings. The van der Waals surface area contributed by atoms with Crippen LogP contribution in [0, 0.1) is 0 Å². The highest BCUT2D eigenvalue weighted by Crippen LogP contribution is 2.13. The van der Waals surface area contributed by atoms with Crippen molar-refractivity contribution in [3.63, 3.8) is 0 Å². The van der Waals surface area contributed by atoms with E-state index in [0.29, 0.717) is 24.5 Å². The molecule has 0 bridgehead atoms. The fraction of sp³-hybridized carbons (Fsp3) is 0.429. The first-order valence-corrected chi connectivity index (χ1v) is 6.62. The molecule has 1 saturated heterocycles. The van der Waals surface area contributed by atoms with Gasteiger partial charge in [-0.3, -0.25) is 14.5 Å². The molecule has 20 heavy (non-hydrogen) atoms. The van der Waals surface area contributed by atoms with Gasteiger partial charge in [-0.15, -0.1) is 0 Å². The van der Waals surface area contributed by atoms with Gasteiger partial charge in [-0.2, -0.15) is 0 Å². The highest BCUT2D eigenvalue weighted by Gasteiger charge is 2.28. The summed E-state index contributed by atoms with van der Waals surface area (Å²) < 4.78 is 0. The van der Waals surface area contributed by atoms with Gasteiger partial charge in [0, 0.05) is 31.5 Å². The number of hydrogen-bond acceptors (Lipinski definition) is 4. The van der Waals surface area contributed by atoms with Gasteiger partial charge in [-0.05, 0) is 25.1 Å². The Balaban J connectivity index is 1.97. The van der Waals surface area contributed by atoms with Crippen LogP contribution in [-0.2, 0) is 9.59 Å². The standard InChI is InChI=1S/C14H20N4O2/c1-10(18-7-6-17(2)13(19)9-18)14(20)16-12-5-3-4-11(15)8-12/h3-5,8,10H,6-7,9,15H2,1-2H3,(H,16,20). The van der Waals surface area contributed by atoms with Crippen LogP contribution >= 0.6 is 0 Å². The second-order valence-corrected chi connectivity index (χ2v) is 5.08. The van der Waals surface area contributed by atoms with Gasteiger partial charge in [-0.1, -0.05) is 6.07 Å². The number of carbonyl (C=O) groups excluding carboxylic acids is 2. The monoisotopic (exact) mass is 276 g/mol. The Labute approximate surface area is 118 Å². The second kappa shape index (κ2) is 5.92. The number of rotatable bonds is 3. The fourth-order valence-corrected chi connectivity index (χ4v) is 2.14. The first kappa shape index (κ1) is 14.3. The van der Waals surface area contributed by atoms with E-state index in [9.17, 15) is 9.59 Å². The van der Waals surface area contributed by atoms with Crippen molar-refractivity contribution >= 4 is 23.2 Å². The Morgan fingerprint density at radius 2 is 2.15 bits per heavy atom. The van der Waals surface area contributed by atoms with Crippen molar-refractivity contribution in [2.45, 2.75) is 13.0 Å². The first-order chi connectivity index (χ1) is 9.47. The predicted octanol–water partition coefficient (Wildman–Crippen LogP) is 0.370. The van der Waals surface area contributed by atoms with Crippen molar-refractivity contribution < 1.29 is 9.59 Å². The highest BCUT2D eigenvalue weighted by molar-refractivity contribution is 5.95. The fourth-order valence-electron chi connectivity index (χ4n) is 2.14. The molecule has 1 fully saturated rings. The number of likely N-dealkylation sites (N-methyl/N-ethyl adjacent to an activating group) is 1. The zero-order valence-electron chi connectivity index (χ0n) is 11.8. The van der Waals surface area contributed by atoms with E-state index in [-0.39, 0.29) is 24.4 Å². The summed E-state index contributed by atoms with van der Waals surface area (Å²) in [7, 11) is 1.77. The minimum absolute atomic E-state index is 0.0415. The van der Waals surface area contributed by atoms with Crippen LogP contribution in [0.4, 0.5) is 11.4 Å². The molecule has 0 saturated carbocycles. The van der Waals surface area contributed by atoms with Crippen LogP contribution in [0.2, 0.25) is 0 Å². The smallest absolute Gasteiger partial charge is 0.241 e. The third kappa shape index (κ3) is 3.27. The molecule has 1 atom stereocenters. The summed E-state index contributed by atoms with van der Waals surface area (Å²) in [5.74, 6) is -0.0900. The number of anilines is 2. The summed E-state index contributed by atoms with van der Waals surface area (Å²) in [5, 5.41) is 2.82. The molecule has 0 spiro atoms. The molecule has 1 aliphatic heterocycles. The molecular weight excluding hydrogens is 256 g/mol. The van der Waals surface area contributed by atoms with Crippen LogP contribution < -0.4 is 11.1 Å². The van der Waals surface area contributed by atoms with Crippen molar-refractivity contribution in [3.05, 3.63) is 24.3 Å². The molecule has 1 heterocycles. The van der Waals surface area contributed by atoms with Gasteiger partial charge in [0.05, 0.1) is 12.6 Å². The van der Waals surface area contributed by atoms with Crippen molar-refractivity contribution in [3.8, 4) is 0 Å². The maximum Gasteiger partial charge on any atom is 0.241 e. The zero-order chi connectivity index (χ0) is 14.7. The van der Waals surface area contributed by atoms with Crippen molar-refractivity contribution in [1.82, 2.24) is 9.80 Å². The normalized spacial score (nSPS) is 17.9. The third-order valence-electron chi connectivity index (χ3n) is 3.57. The zero-order valence-corrected chi connectivity index (χ0v) is 11.8. The van der Waals surface area contributed by atoms with E-state index < -0.39 is 0 Å². The summed E-state index contributed by atoms with van der Waals surface area (Å²) in [5.41, 5.74) is 6.95. The van der Waals surface area contributed by atoms with Gasteiger partial charge in [0.25, 0.3) is 0 Å². The number of nitrogen functional groups attached to an aromatic ring is 1. The van der Waals surface area contributed by atoms with Crippen LogP contribution in [0.1, 0.15) is 6.92 Å². The molecule has 0 aromatic heterocycles. The molecular formula is C14H20N4O2. The summed E-state index contributed by atoms with van der Waals surface area (Å²) in [4.78, 5) is 27.4. The van der Waals surface area contributed by atoms with E-state index in [1.165, 1.54) is 0 Å². The quantitative estimate of drug-likeness (QED) is 0.782. The van der Waals surface area contributed by atoms with Crippen molar-refractivity contribution in [1.29, 1.82) is 0 Å². The van der Waals surface area contributed by atoms with Crippen molar-refractivity contribution in [2.24, 2.45) is 0 Å². The molecule has 3 N–H and O–H groups in total. The predicted molar refractivity (Wildman–Crippen MR) is 78.2 cm³/mol. The molecule has 108 valence electrons. The lowest BCUT2D eigenvalue weighted by Crippen LogP contribution is -2.54. The topological polar surface area (TPSA) is 78.7 Å². The Morgan fingerprint density at radius 1 is 1.40 bits per heavy atom. The van der Waals surface area contributed by atoms with Crippen LogP contribution in [0.25, 0.3) is 0 Å². The molecule has 1 unspecified atom stereocenters. The van der Waals surface area contributed by atoms with Gasteiger partial charge in [0.15, 0.2) is 0 Å². The number of nitrogens with two attached hydrogens (primary N) is 1. The Kier molecular flexibility index (Phi) is 4.24. The number of benzene rings is 1. The molecule has 2 rings (SSSR count). The van der Waals surface area contributed by atoms with E-state index >= 15 is 0 Å². The second-order valence-electron chi connectivity index (χ2n) is 5.08. The lowest BCUT2D eigenvalue weighted by Gasteiger charge is -2.35. The van der Waals surface area contributed by atoms with Gasteiger partial charge < -0.3 is 16.0 Å².